The molecule has 1 saturated heterocycles. The van der Waals surface area contributed by atoms with E-state index in [-0.39, 0.29) is 18.2 Å². The second kappa shape index (κ2) is 4.53. The Hall–Kier alpha value is -2.10. The first kappa shape index (κ1) is 12.0. The molecule has 19 heavy (non-hydrogen) atoms. The van der Waals surface area contributed by atoms with Gasteiger partial charge in [-0.25, -0.2) is 4.99 Å². The van der Waals surface area contributed by atoms with Crippen LogP contribution in [0.15, 0.2) is 47.1 Å². The van der Waals surface area contributed by atoms with E-state index in [1.807, 2.05) is 50.4 Å². The average Bonchev–Trinajstić information content (AvgIpc) is 2.77. The van der Waals surface area contributed by atoms with Gasteiger partial charge in [0.05, 0.1) is 0 Å². The molecular formula is C15H16N2O2. The van der Waals surface area contributed by atoms with Crippen LogP contribution in [0.25, 0.3) is 0 Å². The molecule has 4 heteroatoms. The Morgan fingerprint density at radius 2 is 2.11 bits per heavy atom. The molecule has 0 saturated carbocycles. The molecule has 0 bridgehead atoms. The van der Waals surface area contributed by atoms with Gasteiger partial charge >= 0.3 is 0 Å². The zero-order valence-corrected chi connectivity index (χ0v) is 11.0. The number of carbonyl (C=O) groups excluding carboxylic acids is 1. The zero-order valence-electron chi connectivity index (χ0n) is 11.0. The van der Waals surface area contributed by atoms with Crippen LogP contribution >= 0.6 is 0 Å². The van der Waals surface area contributed by atoms with Gasteiger partial charge in [0.15, 0.2) is 11.9 Å². The molecule has 3 rings (SSSR count). The van der Waals surface area contributed by atoms with Crippen molar-refractivity contribution >= 4 is 11.8 Å². The molecule has 0 spiro atoms. The largest absolute Gasteiger partial charge is 0.454 e. The smallest absolute Gasteiger partial charge is 0.260 e. The van der Waals surface area contributed by atoms with Crippen molar-refractivity contribution in [2.24, 2.45) is 4.99 Å². The number of nitrogens with zero attached hydrogens (tertiary/aromatic N) is 2. The van der Waals surface area contributed by atoms with Gasteiger partial charge in [0, 0.05) is 12.6 Å². The summed E-state index contributed by atoms with van der Waals surface area (Å²) in [6.07, 6.45) is 2.23. The van der Waals surface area contributed by atoms with Gasteiger partial charge in [0.1, 0.15) is 0 Å². The third-order valence-electron chi connectivity index (χ3n) is 3.19. The number of fused-ring (bicyclic) bond motifs is 1. The van der Waals surface area contributed by atoms with Crippen LogP contribution in [0.5, 0.6) is 0 Å². The molecule has 0 aliphatic carbocycles. The van der Waals surface area contributed by atoms with Crippen LogP contribution in [-0.4, -0.2) is 29.0 Å². The molecule has 0 unspecified atom stereocenters. The number of likely N-dealkylation sites (tertiary alicyclic amines) is 1. The van der Waals surface area contributed by atoms with Gasteiger partial charge in [0.2, 0.25) is 6.23 Å². The first-order chi connectivity index (χ1) is 9.15. The summed E-state index contributed by atoms with van der Waals surface area (Å²) in [5.41, 5.74) is 2.22. The number of amides is 1. The summed E-state index contributed by atoms with van der Waals surface area (Å²) in [7, 11) is 0. The summed E-state index contributed by atoms with van der Waals surface area (Å²) in [4.78, 5) is 17.9. The van der Waals surface area contributed by atoms with Crippen molar-refractivity contribution in [2.45, 2.75) is 32.5 Å². The van der Waals surface area contributed by atoms with Crippen LogP contribution in [0.1, 0.15) is 19.4 Å². The first-order valence-corrected chi connectivity index (χ1v) is 6.39. The number of carbonyl (C=O) groups is 1. The van der Waals surface area contributed by atoms with Crippen molar-refractivity contribution in [3.05, 3.63) is 47.7 Å². The highest BCUT2D eigenvalue weighted by molar-refractivity contribution is 5.96. The number of hydrogen-bond acceptors (Lipinski definition) is 3. The second-order valence-electron chi connectivity index (χ2n) is 5.09. The second-order valence-corrected chi connectivity index (χ2v) is 5.09. The Balaban J connectivity index is 1.70. The molecule has 1 amide bonds. The van der Waals surface area contributed by atoms with Gasteiger partial charge in [-0.15, -0.1) is 0 Å². The molecule has 1 fully saturated rings. The van der Waals surface area contributed by atoms with Crippen LogP contribution in [0.2, 0.25) is 0 Å². The van der Waals surface area contributed by atoms with E-state index >= 15 is 0 Å². The molecule has 2 aliphatic heterocycles. The lowest BCUT2D eigenvalue weighted by Gasteiger charge is -2.38. The summed E-state index contributed by atoms with van der Waals surface area (Å²) in [5.74, 6) is 0.675. The quantitative estimate of drug-likeness (QED) is 0.777. The standard InChI is InChI=1S/C15H16N2O2/c1-10(2)9-17-14(18)13-15(17)19-12(16-13)8-11-6-4-3-5-7-11/h3-7,9,13,15H,8H2,1-2H3/t13-,15-/m1/s1. The summed E-state index contributed by atoms with van der Waals surface area (Å²) in [6.45, 7) is 3.92. The third-order valence-corrected chi connectivity index (χ3v) is 3.19. The van der Waals surface area contributed by atoms with E-state index in [2.05, 4.69) is 4.99 Å². The van der Waals surface area contributed by atoms with Gasteiger partial charge in [-0.1, -0.05) is 35.9 Å². The van der Waals surface area contributed by atoms with Crippen LogP contribution in [0.3, 0.4) is 0 Å². The van der Waals surface area contributed by atoms with Crippen LogP contribution in [-0.2, 0) is 16.0 Å². The molecule has 0 N–H and O–H groups in total. The minimum Gasteiger partial charge on any atom is -0.454 e. The third kappa shape index (κ3) is 2.14. The number of hydrogen-bond donors (Lipinski definition) is 0. The van der Waals surface area contributed by atoms with E-state index in [0.29, 0.717) is 12.3 Å². The highest BCUT2D eigenvalue weighted by Crippen LogP contribution is 2.31. The van der Waals surface area contributed by atoms with Crippen molar-refractivity contribution in [3.8, 4) is 0 Å². The van der Waals surface area contributed by atoms with Crippen molar-refractivity contribution in [2.75, 3.05) is 0 Å². The minimum atomic E-state index is -0.339. The number of aliphatic imine (C=N–C) groups is 1. The highest BCUT2D eigenvalue weighted by atomic mass is 16.5. The molecule has 0 radical (unpaired) electrons. The number of allylic oxidation sites excluding steroid dienone is 1. The molecule has 98 valence electrons. The topological polar surface area (TPSA) is 41.9 Å². The molecule has 2 aliphatic rings. The van der Waals surface area contributed by atoms with E-state index in [9.17, 15) is 4.79 Å². The Morgan fingerprint density at radius 1 is 1.37 bits per heavy atom. The zero-order chi connectivity index (χ0) is 13.4. The molecule has 2 atom stereocenters. The molecule has 1 aromatic rings. The lowest BCUT2D eigenvalue weighted by molar-refractivity contribution is -0.155. The van der Waals surface area contributed by atoms with Gasteiger partial charge in [0.25, 0.3) is 5.91 Å². The normalized spacial score (nSPS) is 24.2. The van der Waals surface area contributed by atoms with Gasteiger partial charge in [-0.2, -0.15) is 0 Å². The fraction of sp³-hybridized carbons (Fsp3) is 0.333. The SMILES string of the molecule is CC(C)=CN1C(=O)[C@H]2N=C(Cc3ccccc3)O[C@H]21. The monoisotopic (exact) mass is 256 g/mol. The summed E-state index contributed by atoms with van der Waals surface area (Å²) < 4.78 is 5.76. The Labute approximate surface area is 112 Å². The fourth-order valence-corrected chi connectivity index (χ4v) is 2.31. The van der Waals surface area contributed by atoms with E-state index in [0.717, 1.165) is 11.1 Å². The Kier molecular flexibility index (Phi) is 2.85. The van der Waals surface area contributed by atoms with E-state index in [1.54, 1.807) is 4.90 Å². The summed E-state index contributed by atoms with van der Waals surface area (Å²) in [6, 6.07) is 9.67. The van der Waals surface area contributed by atoms with Crippen molar-refractivity contribution in [1.29, 1.82) is 0 Å². The molecule has 0 aromatic heterocycles. The van der Waals surface area contributed by atoms with E-state index < -0.39 is 0 Å². The minimum absolute atomic E-state index is 0.0225. The lowest BCUT2D eigenvalue weighted by Crippen LogP contribution is -2.60. The number of β-lactam (4-membered cyclic amide) rings is 1. The molecule has 4 nitrogen and oxygen atoms in total. The fourth-order valence-electron chi connectivity index (χ4n) is 2.31. The number of rotatable bonds is 3. The van der Waals surface area contributed by atoms with Crippen LogP contribution < -0.4 is 0 Å². The average molecular weight is 256 g/mol. The van der Waals surface area contributed by atoms with Crippen molar-refractivity contribution in [3.63, 3.8) is 0 Å². The van der Waals surface area contributed by atoms with Crippen molar-refractivity contribution in [1.82, 2.24) is 4.90 Å². The predicted molar refractivity (Wildman–Crippen MR) is 72.5 cm³/mol. The Morgan fingerprint density at radius 3 is 2.79 bits per heavy atom. The first-order valence-electron chi connectivity index (χ1n) is 6.39. The summed E-state index contributed by atoms with van der Waals surface area (Å²) >= 11 is 0. The maximum atomic E-state index is 11.9. The van der Waals surface area contributed by atoms with Crippen LogP contribution in [0, 0.1) is 0 Å². The Bertz CT molecular complexity index is 559. The van der Waals surface area contributed by atoms with E-state index in [1.165, 1.54) is 0 Å². The predicted octanol–water partition coefficient (Wildman–Crippen LogP) is 2.12. The number of benzene rings is 1. The van der Waals surface area contributed by atoms with Crippen LogP contribution in [0.4, 0.5) is 0 Å². The van der Waals surface area contributed by atoms with Crippen molar-refractivity contribution < 1.29 is 9.53 Å². The van der Waals surface area contributed by atoms with Gasteiger partial charge in [-0.05, 0) is 19.4 Å². The highest BCUT2D eigenvalue weighted by Gasteiger charge is 2.52. The van der Waals surface area contributed by atoms with E-state index in [4.69, 9.17) is 4.74 Å². The lowest BCUT2D eigenvalue weighted by atomic mass is 10.1. The van der Waals surface area contributed by atoms with Gasteiger partial charge in [-0.3, -0.25) is 9.69 Å². The van der Waals surface area contributed by atoms with Gasteiger partial charge < -0.3 is 4.74 Å². The maximum Gasteiger partial charge on any atom is 0.260 e. The maximum absolute atomic E-state index is 11.9. The summed E-state index contributed by atoms with van der Waals surface area (Å²) in [5, 5.41) is 0. The number of ether oxygens (including phenoxy) is 1. The molecular weight excluding hydrogens is 240 g/mol. The molecule has 2 heterocycles. The molecule has 1 aromatic carbocycles.